The number of morpholine rings is 1. The van der Waals surface area contributed by atoms with Crippen molar-refractivity contribution in [1.29, 1.82) is 0 Å². The lowest BCUT2D eigenvalue weighted by Gasteiger charge is -2.26. The summed E-state index contributed by atoms with van der Waals surface area (Å²) >= 11 is 0. The van der Waals surface area contributed by atoms with E-state index >= 15 is 0 Å². The Morgan fingerprint density at radius 2 is 1.81 bits per heavy atom. The number of amides is 1. The van der Waals surface area contributed by atoms with Crippen molar-refractivity contribution in [3.8, 4) is 11.3 Å². The van der Waals surface area contributed by atoms with Gasteiger partial charge in [-0.25, -0.2) is 9.37 Å². The minimum atomic E-state index is -4.76. The number of benzene rings is 2. The summed E-state index contributed by atoms with van der Waals surface area (Å²) in [6, 6.07) is 13.1. The molecule has 2 aromatic carbocycles. The normalized spacial score (nSPS) is 14.7. The van der Waals surface area contributed by atoms with Gasteiger partial charge in [-0.15, -0.1) is 0 Å². The second-order valence-corrected chi connectivity index (χ2v) is 8.82. The first-order valence-corrected chi connectivity index (χ1v) is 11.8. The van der Waals surface area contributed by atoms with Gasteiger partial charge < -0.3 is 14.5 Å². The van der Waals surface area contributed by atoms with Gasteiger partial charge in [0.25, 0.3) is 5.91 Å². The van der Waals surface area contributed by atoms with E-state index in [1.165, 1.54) is 10.6 Å². The first-order chi connectivity index (χ1) is 17.8. The lowest BCUT2D eigenvalue weighted by molar-refractivity contribution is -0.137. The summed E-state index contributed by atoms with van der Waals surface area (Å²) in [6.45, 7) is 4.29. The van der Waals surface area contributed by atoms with E-state index in [2.05, 4.69) is 15.2 Å². The van der Waals surface area contributed by atoms with Crippen LogP contribution in [0.1, 0.15) is 21.5 Å². The Bertz CT molecular complexity index is 1410. The second kappa shape index (κ2) is 10.3. The molecule has 1 aliphatic rings. The van der Waals surface area contributed by atoms with Crippen molar-refractivity contribution < 1.29 is 27.1 Å². The maximum Gasteiger partial charge on any atom is 0.417 e. The van der Waals surface area contributed by atoms with Gasteiger partial charge in [-0.3, -0.25) is 9.69 Å². The largest absolute Gasteiger partial charge is 0.417 e. The quantitative estimate of drug-likeness (QED) is 0.357. The molecule has 10 heteroatoms. The summed E-state index contributed by atoms with van der Waals surface area (Å²) in [5, 5.41) is 2.83. The van der Waals surface area contributed by atoms with Crippen LogP contribution in [0.5, 0.6) is 0 Å². The molecule has 0 unspecified atom stereocenters. The number of alkyl halides is 3. The van der Waals surface area contributed by atoms with Gasteiger partial charge in [-0.2, -0.15) is 13.2 Å². The first-order valence-electron chi connectivity index (χ1n) is 11.8. The summed E-state index contributed by atoms with van der Waals surface area (Å²) < 4.78 is 60.9. The third-order valence-electron chi connectivity index (χ3n) is 6.32. The zero-order valence-electron chi connectivity index (χ0n) is 19.8. The molecule has 1 amide bonds. The maximum absolute atomic E-state index is 13.5. The Balaban J connectivity index is 1.34. The molecule has 192 valence electrons. The van der Waals surface area contributed by atoms with Gasteiger partial charge in [-0.05, 0) is 54.4 Å². The van der Waals surface area contributed by atoms with Crippen LogP contribution < -0.4 is 5.32 Å². The van der Waals surface area contributed by atoms with Crippen molar-refractivity contribution in [1.82, 2.24) is 14.3 Å². The van der Waals surface area contributed by atoms with E-state index < -0.39 is 23.5 Å². The Morgan fingerprint density at radius 1 is 1.05 bits per heavy atom. The molecule has 37 heavy (non-hydrogen) atoms. The van der Waals surface area contributed by atoms with E-state index in [9.17, 15) is 22.4 Å². The van der Waals surface area contributed by atoms with E-state index in [0.29, 0.717) is 11.8 Å². The van der Waals surface area contributed by atoms with Gasteiger partial charge in [0.1, 0.15) is 11.5 Å². The summed E-state index contributed by atoms with van der Waals surface area (Å²) in [7, 11) is 0. The third kappa shape index (κ3) is 5.65. The third-order valence-corrected chi connectivity index (χ3v) is 6.32. The van der Waals surface area contributed by atoms with Crippen molar-refractivity contribution in [2.45, 2.75) is 12.6 Å². The van der Waals surface area contributed by atoms with Crippen molar-refractivity contribution in [2.24, 2.45) is 0 Å². The molecule has 0 aliphatic carbocycles. The van der Waals surface area contributed by atoms with Crippen LogP contribution in [0.4, 0.5) is 23.2 Å². The molecule has 0 spiro atoms. The molecule has 0 bridgehead atoms. The van der Waals surface area contributed by atoms with E-state index in [1.54, 1.807) is 18.3 Å². The fraction of sp³-hybridized carbons (Fsp3) is 0.259. The van der Waals surface area contributed by atoms with Crippen molar-refractivity contribution in [2.75, 3.05) is 38.2 Å². The number of rotatable bonds is 6. The Kier molecular flexibility index (Phi) is 6.94. The van der Waals surface area contributed by atoms with Crippen LogP contribution in [0.3, 0.4) is 0 Å². The fourth-order valence-electron chi connectivity index (χ4n) is 4.36. The molecular formula is C27H24F4N4O2. The Morgan fingerprint density at radius 3 is 2.54 bits per heavy atom. The highest BCUT2D eigenvalue weighted by molar-refractivity contribution is 6.08. The molecule has 1 fully saturated rings. The lowest BCUT2D eigenvalue weighted by Crippen LogP contribution is -2.37. The van der Waals surface area contributed by atoms with Crippen LogP contribution in [-0.2, 0) is 17.3 Å². The fourth-order valence-corrected chi connectivity index (χ4v) is 4.36. The van der Waals surface area contributed by atoms with Gasteiger partial charge in [0.2, 0.25) is 0 Å². The predicted molar refractivity (Wildman–Crippen MR) is 131 cm³/mol. The molecule has 1 saturated heterocycles. The highest BCUT2D eigenvalue weighted by atomic mass is 19.4. The SMILES string of the molecule is O=C(Nc1ccc(CCN2CCOCC2)cc1)c1cccn2cc(-c3ccc(F)cc3C(F)(F)F)nc12. The lowest BCUT2D eigenvalue weighted by atomic mass is 10.0. The van der Waals surface area contributed by atoms with Crippen molar-refractivity contribution in [3.63, 3.8) is 0 Å². The average Bonchev–Trinajstić information content (AvgIpc) is 3.32. The maximum atomic E-state index is 13.5. The molecule has 2 aromatic heterocycles. The number of nitrogens with one attached hydrogen (secondary N) is 1. The molecule has 5 rings (SSSR count). The summed E-state index contributed by atoms with van der Waals surface area (Å²) in [6.07, 6.45) is -0.907. The molecule has 3 heterocycles. The highest BCUT2D eigenvalue weighted by Crippen LogP contribution is 2.37. The van der Waals surface area contributed by atoms with E-state index in [4.69, 9.17) is 4.74 Å². The summed E-state index contributed by atoms with van der Waals surface area (Å²) in [5.41, 5.74) is 0.705. The van der Waals surface area contributed by atoms with Gasteiger partial charge in [-0.1, -0.05) is 12.1 Å². The highest BCUT2D eigenvalue weighted by Gasteiger charge is 2.35. The molecule has 0 atom stereocenters. The van der Waals surface area contributed by atoms with Gasteiger partial charge >= 0.3 is 6.18 Å². The summed E-state index contributed by atoms with van der Waals surface area (Å²) in [4.78, 5) is 19.7. The molecule has 1 aliphatic heterocycles. The van der Waals surface area contributed by atoms with Gasteiger partial charge in [0, 0.05) is 43.3 Å². The number of halogens is 4. The van der Waals surface area contributed by atoms with Gasteiger partial charge in [0.15, 0.2) is 0 Å². The standard InChI is InChI=1S/C27H24F4N4O2/c28-19-5-8-21(23(16-19)27(29,30)31)24-17-35-10-1-2-22(25(35)33-24)26(36)32-20-6-3-18(4-7-20)9-11-34-12-14-37-15-13-34/h1-8,10,16-17H,9,11-15H2,(H,32,36). The molecular weight excluding hydrogens is 488 g/mol. The molecule has 6 nitrogen and oxygen atoms in total. The topological polar surface area (TPSA) is 58.9 Å². The average molecular weight is 513 g/mol. The number of anilines is 1. The number of carbonyl (C=O) groups is 1. The number of fused-ring (bicyclic) bond motifs is 1. The van der Waals surface area contributed by atoms with E-state index in [1.807, 2.05) is 24.3 Å². The van der Waals surface area contributed by atoms with Crippen LogP contribution in [0, 0.1) is 5.82 Å². The number of aromatic nitrogens is 2. The van der Waals surface area contributed by atoms with Crippen LogP contribution >= 0.6 is 0 Å². The molecule has 0 radical (unpaired) electrons. The van der Waals surface area contributed by atoms with E-state index in [-0.39, 0.29) is 22.5 Å². The first kappa shape index (κ1) is 24.9. The van der Waals surface area contributed by atoms with Gasteiger partial charge in [0.05, 0.1) is 30.0 Å². The number of ether oxygens (including phenoxy) is 1. The van der Waals surface area contributed by atoms with E-state index in [0.717, 1.165) is 57.0 Å². The predicted octanol–water partition coefficient (Wildman–Crippen LogP) is 5.29. The molecule has 1 N–H and O–H groups in total. The number of pyridine rings is 1. The second-order valence-electron chi connectivity index (χ2n) is 8.82. The molecule has 0 saturated carbocycles. The minimum Gasteiger partial charge on any atom is -0.379 e. The smallest absolute Gasteiger partial charge is 0.379 e. The zero-order chi connectivity index (χ0) is 26.0. The Hall–Kier alpha value is -3.76. The number of hydrogen-bond acceptors (Lipinski definition) is 4. The van der Waals surface area contributed by atoms with Crippen molar-refractivity contribution in [3.05, 3.63) is 89.5 Å². The number of nitrogens with zero attached hydrogens (tertiary/aromatic N) is 3. The molecule has 4 aromatic rings. The minimum absolute atomic E-state index is 0.0165. The Labute approximate surface area is 210 Å². The number of imidazole rings is 1. The number of hydrogen-bond donors (Lipinski definition) is 1. The van der Waals surface area contributed by atoms with Crippen LogP contribution in [0.25, 0.3) is 16.9 Å². The monoisotopic (exact) mass is 512 g/mol. The summed E-state index contributed by atoms with van der Waals surface area (Å²) in [5.74, 6) is -1.44. The van der Waals surface area contributed by atoms with Crippen LogP contribution in [0.15, 0.2) is 67.0 Å². The van der Waals surface area contributed by atoms with Crippen LogP contribution in [-0.4, -0.2) is 53.0 Å². The number of carbonyl (C=O) groups excluding carboxylic acids is 1. The van der Waals surface area contributed by atoms with Crippen LogP contribution in [0.2, 0.25) is 0 Å². The zero-order valence-corrected chi connectivity index (χ0v) is 19.8. The van der Waals surface area contributed by atoms with Crippen molar-refractivity contribution >= 4 is 17.2 Å².